The molecule has 2 atom stereocenters. The molecule has 2 unspecified atom stereocenters. The number of β-amino-alcohol motifs (C(OH)–C–C–N with tert-alkyl or cyclic N) is 1. The number of nitrogens with zero attached hydrogens (tertiary/aromatic N) is 2. The topological polar surface area (TPSA) is 71.5 Å². The van der Waals surface area contributed by atoms with Gasteiger partial charge in [0.15, 0.2) is 17.6 Å². The van der Waals surface area contributed by atoms with Gasteiger partial charge in [0, 0.05) is 38.2 Å². The van der Waals surface area contributed by atoms with Gasteiger partial charge in [-0.05, 0) is 24.3 Å². The van der Waals surface area contributed by atoms with E-state index in [1.807, 2.05) is 54.6 Å². The Hall–Kier alpha value is -2.48. The minimum absolute atomic E-state index is 0. The van der Waals surface area contributed by atoms with Crippen molar-refractivity contribution in [1.82, 2.24) is 4.90 Å². The Kier molecular flexibility index (Phi) is 6.27. The van der Waals surface area contributed by atoms with Gasteiger partial charge in [0.2, 0.25) is 0 Å². The van der Waals surface area contributed by atoms with Gasteiger partial charge in [-0.1, -0.05) is 30.3 Å². The van der Waals surface area contributed by atoms with Crippen molar-refractivity contribution in [3.8, 4) is 11.5 Å². The third-order valence-electron chi connectivity index (χ3n) is 6.21. The molecule has 2 saturated heterocycles. The van der Waals surface area contributed by atoms with Crippen molar-refractivity contribution in [2.45, 2.75) is 30.7 Å². The summed E-state index contributed by atoms with van der Waals surface area (Å²) in [6.45, 7) is 2.93. The molecule has 2 fully saturated rings. The van der Waals surface area contributed by atoms with Crippen molar-refractivity contribution in [1.29, 1.82) is 0 Å². The van der Waals surface area contributed by atoms with Gasteiger partial charge in [-0.15, -0.1) is 12.4 Å². The minimum Gasteiger partial charge on any atom is -0.486 e. The molecule has 2 aromatic rings. The number of piperidine rings is 1. The Balaban J connectivity index is 0.00000231. The fourth-order valence-corrected chi connectivity index (χ4v) is 4.44. The van der Waals surface area contributed by atoms with Crippen LogP contribution >= 0.6 is 12.4 Å². The SMILES string of the molecule is Cl.O=C1OC2(CCN(CC(O)C3COc4ccccc4O3)CC2)CN1c1ccccc1. The summed E-state index contributed by atoms with van der Waals surface area (Å²) < 4.78 is 17.5. The van der Waals surface area contributed by atoms with Gasteiger partial charge in [0.1, 0.15) is 18.3 Å². The summed E-state index contributed by atoms with van der Waals surface area (Å²) in [6, 6.07) is 17.1. The number of anilines is 1. The maximum absolute atomic E-state index is 12.4. The van der Waals surface area contributed by atoms with Crippen LogP contribution in [0.5, 0.6) is 11.5 Å². The second-order valence-electron chi connectivity index (χ2n) is 8.25. The van der Waals surface area contributed by atoms with Crippen LogP contribution in [0.1, 0.15) is 12.8 Å². The molecule has 166 valence electrons. The largest absolute Gasteiger partial charge is 0.486 e. The average Bonchev–Trinajstić information content (AvgIpc) is 3.11. The summed E-state index contributed by atoms with van der Waals surface area (Å²) in [5, 5.41) is 10.7. The first-order valence-electron chi connectivity index (χ1n) is 10.5. The van der Waals surface area contributed by atoms with Gasteiger partial charge in [0.05, 0.1) is 6.54 Å². The van der Waals surface area contributed by atoms with Gasteiger partial charge in [0.25, 0.3) is 0 Å². The van der Waals surface area contributed by atoms with E-state index < -0.39 is 17.8 Å². The minimum atomic E-state index is -0.653. The second kappa shape index (κ2) is 8.94. The third kappa shape index (κ3) is 4.44. The van der Waals surface area contributed by atoms with Gasteiger partial charge in [-0.2, -0.15) is 0 Å². The highest BCUT2D eigenvalue weighted by Crippen LogP contribution is 2.36. The third-order valence-corrected chi connectivity index (χ3v) is 6.21. The lowest BCUT2D eigenvalue weighted by atomic mass is 9.91. The molecule has 0 aliphatic carbocycles. The average molecular weight is 447 g/mol. The number of amides is 1. The number of rotatable bonds is 4. The summed E-state index contributed by atoms with van der Waals surface area (Å²) in [5.74, 6) is 1.39. The number of aliphatic hydroxyl groups excluding tert-OH is 1. The standard InChI is InChI=1S/C23H26N2O5.ClH/c26-18(21-15-28-19-8-4-5-9-20(19)29-21)14-24-12-10-23(11-13-24)16-25(22(27)30-23)17-6-2-1-3-7-17;/h1-9,18,21,26H,10-16H2;1H. The number of para-hydroxylation sites is 3. The molecule has 3 aliphatic heterocycles. The number of carbonyl (C=O) groups excluding carboxylic acids is 1. The van der Waals surface area contributed by atoms with E-state index in [0.29, 0.717) is 31.2 Å². The quantitative estimate of drug-likeness (QED) is 0.778. The first-order valence-corrected chi connectivity index (χ1v) is 10.5. The molecule has 31 heavy (non-hydrogen) atoms. The zero-order valence-electron chi connectivity index (χ0n) is 17.2. The lowest BCUT2D eigenvalue weighted by Crippen LogP contribution is -2.51. The number of hydrogen-bond acceptors (Lipinski definition) is 6. The number of halogens is 1. The molecule has 7 nitrogen and oxygen atoms in total. The van der Waals surface area contributed by atoms with Crippen molar-refractivity contribution >= 4 is 24.2 Å². The van der Waals surface area contributed by atoms with Crippen LogP contribution in [0.2, 0.25) is 0 Å². The smallest absolute Gasteiger partial charge is 0.415 e. The van der Waals surface area contributed by atoms with Crippen LogP contribution in [0.25, 0.3) is 0 Å². The summed E-state index contributed by atoms with van der Waals surface area (Å²) >= 11 is 0. The van der Waals surface area contributed by atoms with Crippen molar-refractivity contribution < 1.29 is 24.1 Å². The zero-order chi connectivity index (χ0) is 20.6. The Bertz CT molecular complexity index is 904. The first kappa shape index (κ1) is 21.7. The molecule has 2 aromatic carbocycles. The lowest BCUT2D eigenvalue weighted by Gasteiger charge is -2.39. The van der Waals surface area contributed by atoms with Gasteiger partial charge < -0.3 is 24.2 Å². The highest BCUT2D eigenvalue weighted by atomic mass is 35.5. The van der Waals surface area contributed by atoms with Crippen LogP contribution in [0.4, 0.5) is 10.5 Å². The summed E-state index contributed by atoms with van der Waals surface area (Å²) in [6.07, 6.45) is 0.174. The Morgan fingerprint density at radius 3 is 2.45 bits per heavy atom. The lowest BCUT2D eigenvalue weighted by molar-refractivity contribution is -0.0449. The molecule has 8 heteroatoms. The fraction of sp³-hybridized carbons (Fsp3) is 0.435. The van der Waals surface area contributed by atoms with E-state index in [9.17, 15) is 9.90 Å². The number of hydrogen-bond donors (Lipinski definition) is 1. The van der Waals surface area contributed by atoms with Gasteiger partial charge in [-0.25, -0.2) is 4.79 Å². The molecule has 1 amide bonds. The highest BCUT2D eigenvalue weighted by molar-refractivity contribution is 5.90. The van der Waals surface area contributed by atoms with Crippen molar-refractivity contribution in [2.24, 2.45) is 0 Å². The number of likely N-dealkylation sites (tertiary alicyclic amines) is 1. The predicted octanol–water partition coefficient (Wildman–Crippen LogP) is 3.10. The Morgan fingerprint density at radius 1 is 1.03 bits per heavy atom. The van der Waals surface area contributed by atoms with E-state index in [1.165, 1.54) is 0 Å². The Labute approximate surface area is 187 Å². The van der Waals surface area contributed by atoms with Crippen LogP contribution < -0.4 is 14.4 Å². The van der Waals surface area contributed by atoms with E-state index in [4.69, 9.17) is 14.2 Å². The van der Waals surface area contributed by atoms with E-state index in [2.05, 4.69) is 4.90 Å². The van der Waals surface area contributed by atoms with Crippen LogP contribution in [0, 0.1) is 0 Å². The molecular formula is C23H27ClN2O5. The molecule has 0 aromatic heterocycles. The van der Waals surface area contributed by atoms with E-state index in [-0.39, 0.29) is 18.5 Å². The number of aliphatic hydroxyl groups is 1. The molecule has 1 spiro atoms. The second-order valence-corrected chi connectivity index (χ2v) is 8.25. The van der Waals surface area contributed by atoms with Crippen LogP contribution in [0.15, 0.2) is 54.6 Å². The van der Waals surface area contributed by atoms with Crippen molar-refractivity contribution in [3.05, 3.63) is 54.6 Å². The van der Waals surface area contributed by atoms with E-state index in [1.54, 1.807) is 4.90 Å². The van der Waals surface area contributed by atoms with Crippen LogP contribution in [0.3, 0.4) is 0 Å². The maximum atomic E-state index is 12.4. The molecule has 0 saturated carbocycles. The van der Waals surface area contributed by atoms with Crippen molar-refractivity contribution in [3.63, 3.8) is 0 Å². The van der Waals surface area contributed by atoms with Crippen LogP contribution in [-0.2, 0) is 4.74 Å². The predicted molar refractivity (Wildman–Crippen MR) is 118 cm³/mol. The summed E-state index contributed by atoms with van der Waals surface area (Å²) in [5.41, 5.74) is 0.421. The molecule has 5 rings (SSSR count). The highest BCUT2D eigenvalue weighted by Gasteiger charge is 2.47. The van der Waals surface area contributed by atoms with Crippen LogP contribution in [-0.4, -0.2) is 66.7 Å². The van der Waals surface area contributed by atoms with E-state index in [0.717, 1.165) is 31.6 Å². The number of ether oxygens (including phenoxy) is 3. The van der Waals surface area contributed by atoms with E-state index >= 15 is 0 Å². The molecule has 0 bridgehead atoms. The normalized spacial score (nSPS) is 23.2. The maximum Gasteiger partial charge on any atom is 0.415 e. The molecule has 3 heterocycles. The summed E-state index contributed by atoms with van der Waals surface area (Å²) in [7, 11) is 0. The summed E-state index contributed by atoms with van der Waals surface area (Å²) in [4.78, 5) is 16.4. The number of fused-ring (bicyclic) bond motifs is 1. The molecular weight excluding hydrogens is 420 g/mol. The number of benzene rings is 2. The van der Waals surface area contributed by atoms with Crippen molar-refractivity contribution in [2.75, 3.05) is 37.7 Å². The zero-order valence-corrected chi connectivity index (χ0v) is 18.0. The Morgan fingerprint density at radius 2 is 1.71 bits per heavy atom. The molecule has 0 radical (unpaired) electrons. The molecule has 3 aliphatic rings. The molecule has 1 N–H and O–H groups in total. The first-order chi connectivity index (χ1) is 14.6. The van der Waals surface area contributed by atoms with Gasteiger partial charge in [-0.3, -0.25) is 4.90 Å². The number of carbonyl (C=O) groups is 1. The van der Waals surface area contributed by atoms with Gasteiger partial charge >= 0.3 is 6.09 Å². The monoisotopic (exact) mass is 446 g/mol. The fourth-order valence-electron chi connectivity index (χ4n) is 4.44.